The summed E-state index contributed by atoms with van der Waals surface area (Å²) in [7, 11) is -14.4. The molecule has 1 saturated heterocycles. The fourth-order valence-corrected chi connectivity index (χ4v) is 18.2. The SMILES string of the molecule is CC(=O)CS(=O)(=O)c1ccc(Nc2ncnc3[nH]ccc23)cc1.CC(=O)NS(=O)(=O)c1ccc(N)cc1.CCc1nnc(CS(=O)(=O)c2ccc(Nc3ncnc4[nH]ccc34)cc2)s1.CCc1nnc(NS(=O)(=O)c2ccc(N)cc2)s1.Cc1[c-][nH]c2ncnc(Cl)c12.Cc1[c-][nH]c2ncnc(N3CCCCC3)c12.Clc1ncnc2[nH]ccc12.[Y].[Y]. The number of Topliss-reactive ketones (excluding diaryl/α,β-unsaturated/α-hetero) is 1. The van der Waals surface area contributed by atoms with Crippen LogP contribution in [0.4, 0.5) is 45.3 Å². The number of fused-ring (bicyclic) bond motifs is 5. The first-order valence-electron chi connectivity index (χ1n) is 35.9. The third-order valence-electron chi connectivity index (χ3n) is 16.9. The number of aromatic nitrogens is 19. The van der Waals surface area contributed by atoms with Crippen LogP contribution in [0.1, 0.15) is 73.1 Å². The van der Waals surface area contributed by atoms with Gasteiger partial charge in [0.15, 0.2) is 19.7 Å². The molecule has 13 heterocycles. The molecule has 2 radical (unpaired) electrons. The number of ketones is 1. The number of carbonyl (C=O) groups is 2. The molecule has 624 valence electrons. The summed E-state index contributed by atoms with van der Waals surface area (Å²) in [5.74, 6) is 0.696. The number of sulfone groups is 2. The molecule has 36 nitrogen and oxygen atoms in total. The number of aromatic amines is 5. The molecule has 1 aliphatic heterocycles. The van der Waals surface area contributed by atoms with E-state index in [1.807, 2.05) is 43.7 Å². The van der Waals surface area contributed by atoms with Crippen molar-refractivity contribution in [1.29, 1.82) is 0 Å². The molecule has 1 amide bonds. The van der Waals surface area contributed by atoms with E-state index in [-0.39, 0.29) is 102 Å². The van der Waals surface area contributed by atoms with Crippen molar-refractivity contribution in [3.8, 4) is 0 Å². The quantitative estimate of drug-likeness (QED) is 0.0216. The third kappa shape index (κ3) is 25.9. The second-order valence-corrected chi connectivity index (χ2v) is 35.9. The molecule has 0 unspecified atom stereocenters. The van der Waals surface area contributed by atoms with Gasteiger partial charge < -0.3 is 51.9 Å². The number of nitrogens with two attached hydrogens (primary N) is 2. The summed E-state index contributed by atoms with van der Waals surface area (Å²) in [4.78, 5) is 80.3. The van der Waals surface area contributed by atoms with E-state index in [2.05, 4.69) is 135 Å². The van der Waals surface area contributed by atoms with E-state index in [0.29, 0.717) is 49.7 Å². The Morgan fingerprint density at radius 2 is 0.901 bits per heavy atom. The molecule has 0 bridgehead atoms. The predicted octanol–water partition coefficient (Wildman–Crippen LogP) is 12.1. The van der Waals surface area contributed by atoms with Crippen LogP contribution in [0.15, 0.2) is 185 Å². The van der Waals surface area contributed by atoms with E-state index in [4.69, 9.17) is 34.7 Å². The topological polar surface area (TPSA) is 534 Å². The van der Waals surface area contributed by atoms with Crippen LogP contribution in [-0.2, 0) is 133 Å². The van der Waals surface area contributed by atoms with Crippen molar-refractivity contribution in [2.24, 2.45) is 0 Å². The van der Waals surface area contributed by atoms with E-state index in [1.165, 1.54) is 135 Å². The number of piperidine rings is 1. The average Bonchev–Trinajstić information content (AvgIpc) is 1.47. The number of nitrogens with one attached hydrogen (secondary N) is 9. The first-order valence-corrected chi connectivity index (χ1v) is 44.5. The number of hydrogen-bond donors (Lipinski definition) is 11. The summed E-state index contributed by atoms with van der Waals surface area (Å²) in [5, 5.41) is 29.8. The zero-order valence-corrected chi connectivity index (χ0v) is 77.3. The third-order valence-corrected chi connectivity index (χ3v) is 26.1. The monoisotopic (exact) mass is 1940 g/mol. The van der Waals surface area contributed by atoms with Crippen LogP contribution < -0.4 is 36.4 Å². The van der Waals surface area contributed by atoms with Crippen LogP contribution in [0.25, 0.3) is 55.2 Å². The van der Waals surface area contributed by atoms with Gasteiger partial charge in [0.05, 0.1) is 46.7 Å². The molecule has 16 aromatic rings. The molecule has 1 fully saturated rings. The van der Waals surface area contributed by atoms with Gasteiger partial charge in [0.2, 0.25) is 11.0 Å². The maximum Gasteiger partial charge on any atom is 0.264 e. The second kappa shape index (κ2) is 43.4. The minimum Gasteiger partial charge on any atom is -0.462 e. The molecule has 0 spiro atoms. The smallest absolute Gasteiger partial charge is 0.264 e. The van der Waals surface area contributed by atoms with Gasteiger partial charge in [0.25, 0.3) is 20.0 Å². The Labute approximate surface area is 762 Å². The molecule has 0 saturated carbocycles. The number of sulfonamides is 2. The largest absolute Gasteiger partial charge is 0.462 e. The van der Waals surface area contributed by atoms with E-state index in [0.717, 1.165) is 115 Å². The maximum atomic E-state index is 12.6. The molecule has 13 N–H and O–H groups in total. The van der Waals surface area contributed by atoms with Crippen molar-refractivity contribution in [3.05, 3.63) is 214 Å². The standard InChI is InChI=1S/C17H16N6O2S2.C15H14N4O3S.C12H15N4.C10H12N4O2S2.C8H10N2O3S.C7H5ClN3.C6H4ClN3.2Y/c1-2-14-22-23-15(26-14)9-27(24,25)12-5-3-11(4-6-12)21-17-13-7-8-18-16(13)19-10-20-17;1-10(20)8-23(21,22)12-4-2-11(3-5-12)19-15-13-6-7-16-14(13)17-9-18-15;1-9-7-13-11-10(9)12(15-8-14-11)16-5-3-2-4-6-16;1-2-9-12-13-10(17-9)14-18(15,16)8-5-3-7(11)4-6-8;1-6(11)10-14(12,13)8-4-2-7(9)3-5-8;1-4-2-9-7-5(4)6(8)10-3-11-7;7-5-4-1-2-8-6(4)10-3-9-5;;/h3-8,10H,2,9H2,1H3,(H2,18,19,20,21);2-7,9H,8H2,1H3,(H2,16,17,18,19);8H,2-6H2,1H3,(H,13,14,15);3-6H,2,11H2,1H3,(H,13,14);2-5H,9H2,1H3,(H,10,11);3H,1H3,(H,9,10,11);1-3H,(H,8,9,10);;/q;;-1;;;-1;;;. The number of hydrogen-bond acceptors (Lipinski definition) is 31. The number of rotatable bonds is 18. The summed E-state index contributed by atoms with van der Waals surface area (Å²) in [6.45, 7) is 12.5. The summed E-state index contributed by atoms with van der Waals surface area (Å²) in [6.07, 6.45) is 24.1. The Morgan fingerprint density at radius 1 is 0.479 bits per heavy atom. The number of nitrogen functional groups attached to an aromatic ring is 2. The van der Waals surface area contributed by atoms with E-state index >= 15 is 0 Å². The van der Waals surface area contributed by atoms with Gasteiger partial charge in [-0.25, -0.2) is 78.3 Å². The Balaban J connectivity index is 0.000000164. The number of benzene rings is 4. The first-order chi connectivity index (χ1) is 57.0. The maximum absolute atomic E-state index is 12.6. The predicted molar refractivity (Wildman–Crippen MR) is 458 cm³/mol. The average molecular weight is 1940 g/mol. The van der Waals surface area contributed by atoms with Crippen molar-refractivity contribution < 1.29 is 109 Å². The summed E-state index contributed by atoms with van der Waals surface area (Å²) in [6, 6.07) is 29.9. The molecule has 0 aliphatic carbocycles. The molecule has 17 rings (SSSR count). The minimum absolute atomic E-state index is 0. The van der Waals surface area contributed by atoms with E-state index in [9.17, 15) is 43.3 Å². The first kappa shape index (κ1) is 94.5. The van der Waals surface area contributed by atoms with Crippen molar-refractivity contribution in [2.75, 3.05) is 50.6 Å². The summed E-state index contributed by atoms with van der Waals surface area (Å²) < 4.78 is 100. The van der Waals surface area contributed by atoms with Crippen LogP contribution in [0, 0.1) is 26.2 Å². The number of carbonyl (C=O) groups excluding carboxylic acids is 2. The summed E-state index contributed by atoms with van der Waals surface area (Å²) >= 11 is 14.1. The van der Waals surface area contributed by atoms with Crippen LogP contribution >= 0.6 is 45.9 Å². The zero-order chi connectivity index (χ0) is 85.0. The van der Waals surface area contributed by atoms with Crippen LogP contribution in [-0.4, -0.2) is 159 Å². The molecule has 0 atom stereocenters. The van der Waals surface area contributed by atoms with Crippen LogP contribution in [0.3, 0.4) is 0 Å². The van der Waals surface area contributed by atoms with Crippen molar-refractivity contribution in [1.82, 2.24) is 99.9 Å². The molecule has 12 aromatic heterocycles. The van der Waals surface area contributed by atoms with Gasteiger partial charge in [-0.1, -0.05) is 73.0 Å². The Kier molecular flexibility index (Phi) is 33.9. The van der Waals surface area contributed by atoms with Crippen LogP contribution in [0.5, 0.6) is 0 Å². The number of halogens is 2. The molecular formula is C75H76Cl2N26O10S6Y2-2. The Bertz CT molecular complexity index is 6660. The number of H-pyrrole nitrogens is 5. The van der Waals surface area contributed by atoms with Crippen molar-refractivity contribution >= 4 is 198 Å². The summed E-state index contributed by atoms with van der Waals surface area (Å²) in [5.41, 5.74) is 19.2. The number of aryl methyl sites for hydroxylation is 4. The van der Waals surface area contributed by atoms with Crippen molar-refractivity contribution in [3.63, 3.8) is 0 Å². The van der Waals surface area contributed by atoms with E-state index in [1.54, 1.807) is 61.3 Å². The molecule has 46 heteroatoms. The number of amides is 1. The van der Waals surface area contributed by atoms with Gasteiger partial charge in [-0.05, 0) is 166 Å². The number of anilines is 8. The number of nitrogens with zero attached hydrogens (tertiary/aromatic N) is 15. The fraction of sp³-hybridized carbons (Fsp3) is 0.200. The zero-order valence-electron chi connectivity index (χ0n) is 65.3. The van der Waals surface area contributed by atoms with Gasteiger partial charge in [-0.3, -0.25) is 24.3 Å². The van der Waals surface area contributed by atoms with Gasteiger partial charge in [-0.2, -0.15) is 0 Å². The Morgan fingerprint density at radius 3 is 1.38 bits per heavy atom. The molecule has 4 aromatic carbocycles. The second-order valence-electron chi connectivity index (χ2n) is 25.7. The normalized spacial score (nSPS) is 11.9. The van der Waals surface area contributed by atoms with Crippen LogP contribution in [0.2, 0.25) is 10.3 Å². The van der Waals surface area contributed by atoms with Gasteiger partial charge in [-0.15, -0.1) is 55.3 Å². The van der Waals surface area contributed by atoms with Gasteiger partial charge in [0.1, 0.15) is 97.7 Å². The molecule has 121 heavy (non-hydrogen) atoms. The minimum atomic E-state index is -3.73. The fourth-order valence-electron chi connectivity index (χ4n) is 11.2. The van der Waals surface area contributed by atoms with Crippen molar-refractivity contribution in [2.45, 2.75) is 99.0 Å². The van der Waals surface area contributed by atoms with E-state index < -0.39 is 51.4 Å². The molecule has 1 aliphatic rings. The molecular weight excluding hydrogens is 1870 g/mol. The van der Waals surface area contributed by atoms with Gasteiger partial charge >= 0.3 is 0 Å². The van der Waals surface area contributed by atoms with Gasteiger partial charge in [0, 0.05) is 127 Å². The Hall–Kier alpha value is -10.4.